The Morgan fingerprint density at radius 1 is 1.53 bits per heavy atom. The number of aromatic hydroxyl groups is 1. The number of halogens is 1. The Kier molecular flexibility index (Phi) is 4.13. The zero-order valence-corrected chi connectivity index (χ0v) is 10.8. The molecule has 0 aromatic heterocycles. The summed E-state index contributed by atoms with van der Waals surface area (Å²) in [6, 6.07) is 5.54. The molecule has 1 saturated heterocycles. The van der Waals surface area contributed by atoms with Crippen molar-refractivity contribution in [2.75, 3.05) is 20.2 Å². The molecule has 0 amide bonds. The summed E-state index contributed by atoms with van der Waals surface area (Å²) < 4.78 is 5.57. The smallest absolute Gasteiger partial charge is 0.161 e. The fourth-order valence-corrected chi connectivity index (χ4v) is 2.43. The molecule has 1 aromatic carbocycles. The van der Waals surface area contributed by atoms with Crippen molar-refractivity contribution < 1.29 is 9.84 Å². The Hall–Kier alpha value is -0.930. The summed E-state index contributed by atoms with van der Waals surface area (Å²) in [5.74, 6) is 0.618. The van der Waals surface area contributed by atoms with E-state index in [1.54, 1.807) is 12.1 Å². The number of benzene rings is 1. The number of likely N-dealkylation sites (tertiary alicyclic amines) is 1. The van der Waals surface area contributed by atoms with E-state index < -0.39 is 0 Å². The van der Waals surface area contributed by atoms with Gasteiger partial charge in [0.05, 0.1) is 6.61 Å². The summed E-state index contributed by atoms with van der Waals surface area (Å²) in [7, 11) is 2.15. The van der Waals surface area contributed by atoms with Crippen LogP contribution in [0.5, 0.6) is 11.5 Å². The van der Waals surface area contributed by atoms with Crippen molar-refractivity contribution in [1.82, 2.24) is 4.90 Å². The van der Waals surface area contributed by atoms with Crippen LogP contribution in [0.4, 0.5) is 0 Å². The lowest BCUT2D eigenvalue weighted by Crippen LogP contribution is -2.26. The van der Waals surface area contributed by atoms with E-state index in [4.69, 9.17) is 16.3 Å². The molecule has 0 spiro atoms. The molecule has 0 aliphatic carbocycles. The third kappa shape index (κ3) is 3.27. The first-order chi connectivity index (χ1) is 8.16. The minimum Gasteiger partial charge on any atom is -0.504 e. The van der Waals surface area contributed by atoms with Gasteiger partial charge in [0.15, 0.2) is 11.5 Å². The van der Waals surface area contributed by atoms with E-state index in [9.17, 15) is 5.11 Å². The summed E-state index contributed by atoms with van der Waals surface area (Å²) in [5.41, 5.74) is 0. The van der Waals surface area contributed by atoms with Gasteiger partial charge in [0.2, 0.25) is 0 Å². The lowest BCUT2D eigenvalue weighted by atomic mass is 10.1. The largest absolute Gasteiger partial charge is 0.504 e. The molecule has 4 heteroatoms. The molecule has 1 aliphatic rings. The predicted octanol–water partition coefficient (Wildman–Crippen LogP) is 2.91. The molecule has 1 aromatic rings. The molecule has 0 radical (unpaired) electrons. The Labute approximate surface area is 107 Å². The average molecular weight is 256 g/mol. The maximum Gasteiger partial charge on any atom is 0.161 e. The number of phenols is 1. The Morgan fingerprint density at radius 3 is 3.00 bits per heavy atom. The number of nitrogens with zero attached hydrogens (tertiary/aromatic N) is 1. The first-order valence-corrected chi connectivity index (χ1v) is 6.36. The summed E-state index contributed by atoms with van der Waals surface area (Å²) in [6.45, 7) is 1.81. The van der Waals surface area contributed by atoms with E-state index in [-0.39, 0.29) is 5.75 Å². The van der Waals surface area contributed by atoms with Gasteiger partial charge in [-0.1, -0.05) is 11.6 Å². The molecular weight excluding hydrogens is 238 g/mol. The highest BCUT2D eigenvalue weighted by Gasteiger charge is 2.20. The van der Waals surface area contributed by atoms with Crippen molar-refractivity contribution in [3.05, 3.63) is 23.2 Å². The quantitative estimate of drug-likeness (QED) is 0.898. The van der Waals surface area contributed by atoms with Crippen LogP contribution >= 0.6 is 11.6 Å². The number of hydrogen-bond donors (Lipinski definition) is 1. The van der Waals surface area contributed by atoms with Crippen LogP contribution in [-0.4, -0.2) is 36.2 Å². The van der Waals surface area contributed by atoms with Crippen LogP contribution in [0.2, 0.25) is 5.02 Å². The van der Waals surface area contributed by atoms with Crippen molar-refractivity contribution in [3.63, 3.8) is 0 Å². The van der Waals surface area contributed by atoms with Gasteiger partial charge >= 0.3 is 0 Å². The maximum absolute atomic E-state index is 9.62. The number of hydrogen-bond acceptors (Lipinski definition) is 3. The normalized spacial score (nSPS) is 20.7. The van der Waals surface area contributed by atoms with Crippen molar-refractivity contribution in [2.45, 2.75) is 25.3 Å². The Morgan fingerprint density at radius 2 is 2.35 bits per heavy atom. The lowest BCUT2D eigenvalue weighted by molar-refractivity contribution is 0.228. The summed E-state index contributed by atoms with van der Waals surface area (Å²) in [5, 5.41) is 10.1. The molecule has 1 aliphatic heterocycles. The number of ether oxygens (including phenoxy) is 1. The van der Waals surface area contributed by atoms with Crippen LogP contribution in [0, 0.1) is 0 Å². The van der Waals surface area contributed by atoms with Gasteiger partial charge in [-0.3, -0.25) is 0 Å². The standard InChI is InChI=1S/C13H18ClNO2/c1-15-7-2-3-11(15)6-8-17-13-5-4-10(14)9-12(13)16/h4-5,9,11,16H,2-3,6-8H2,1H3. The van der Waals surface area contributed by atoms with Gasteiger partial charge in [-0.25, -0.2) is 0 Å². The van der Waals surface area contributed by atoms with Crippen molar-refractivity contribution >= 4 is 11.6 Å². The molecule has 94 valence electrons. The van der Waals surface area contributed by atoms with Crippen molar-refractivity contribution in [2.24, 2.45) is 0 Å². The van der Waals surface area contributed by atoms with Gasteiger partial charge in [0.25, 0.3) is 0 Å². The molecule has 0 saturated carbocycles. The molecule has 1 atom stereocenters. The fraction of sp³-hybridized carbons (Fsp3) is 0.538. The second kappa shape index (κ2) is 5.61. The third-order valence-corrected chi connectivity index (χ3v) is 3.54. The zero-order chi connectivity index (χ0) is 12.3. The minimum atomic E-state index is 0.109. The summed E-state index contributed by atoms with van der Waals surface area (Å²) in [4.78, 5) is 2.37. The Balaban J connectivity index is 1.81. The highest BCUT2D eigenvalue weighted by atomic mass is 35.5. The fourth-order valence-electron chi connectivity index (χ4n) is 2.26. The monoisotopic (exact) mass is 255 g/mol. The van der Waals surface area contributed by atoms with Gasteiger partial charge in [-0.15, -0.1) is 0 Å². The molecule has 0 bridgehead atoms. The van der Waals surface area contributed by atoms with Crippen LogP contribution in [0.15, 0.2) is 18.2 Å². The van der Waals surface area contributed by atoms with Crippen LogP contribution in [0.3, 0.4) is 0 Å². The topological polar surface area (TPSA) is 32.7 Å². The van der Waals surface area contributed by atoms with Gasteiger partial charge in [-0.2, -0.15) is 0 Å². The van der Waals surface area contributed by atoms with Crippen molar-refractivity contribution in [3.8, 4) is 11.5 Å². The van der Waals surface area contributed by atoms with E-state index in [0.29, 0.717) is 23.4 Å². The van der Waals surface area contributed by atoms with E-state index >= 15 is 0 Å². The van der Waals surface area contributed by atoms with Crippen LogP contribution in [0.1, 0.15) is 19.3 Å². The van der Waals surface area contributed by atoms with Gasteiger partial charge in [-0.05, 0) is 45.0 Å². The number of rotatable bonds is 4. The first-order valence-electron chi connectivity index (χ1n) is 5.98. The van der Waals surface area contributed by atoms with Crippen LogP contribution in [-0.2, 0) is 0 Å². The number of phenolic OH excluding ortho intramolecular Hbond substituents is 1. The zero-order valence-electron chi connectivity index (χ0n) is 10.0. The predicted molar refractivity (Wildman–Crippen MR) is 68.9 cm³/mol. The molecule has 1 unspecified atom stereocenters. The molecule has 3 nitrogen and oxygen atoms in total. The molecule has 1 heterocycles. The maximum atomic E-state index is 9.62. The molecule has 1 N–H and O–H groups in total. The first kappa shape index (κ1) is 12.5. The lowest BCUT2D eigenvalue weighted by Gasteiger charge is -2.19. The van der Waals surface area contributed by atoms with E-state index in [0.717, 1.165) is 6.42 Å². The SMILES string of the molecule is CN1CCCC1CCOc1ccc(Cl)cc1O. The second-order valence-electron chi connectivity index (χ2n) is 4.53. The highest BCUT2D eigenvalue weighted by Crippen LogP contribution is 2.29. The second-order valence-corrected chi connectivity index (χ2v) is 4.96. The van der Waals surface area contributed by atoms with Crippen LogP contribution in [0.25, 0.3) is 0 Å². The highest BCUT2D eigenvalue weighted by molar-refractivity contribution is 6.30. The van der Waals surface area contributed by atoms with Gasteiger partial charge < -0.3 is 14.7 Å². The van der Waals surface area contributed by atoms with E-state index in [1.807, 2.05) is 0 Å². The summed E-state index contributed by atoms with van der Waals surface area (Å²) >= 11 is 5.75. The average Bonchev–Trinajstić information content (AvgIpc) is 2.68. The third-order valence-electron chi connectivity index (χ3n) is 3.30. The summed E-state index contributed by atoms with van der Waals surface area (Å²) in [6.07, 6.45) is 3.51. The minimum absolute atomic E-state index is 0.109. The molecule has 1 fully saturated rings. The van der Waals surface area contributed by atoms with Gasteiger partial charge in [0.1, 0.15) is 0 Å². The van der Waals surface area contributed by atoms with E-state index in [2.05, 4.69) is 11.9 Å². The van der Waals surface area contributed by atoms with E-state index in [1.165, 1.54) is 25.5 Å². The van der Waals surface area contributed by atoms with Gasteiger partial charge in [0, 0.05) is 17.1 Å². The Bertz CT molecular complexity index is 384. The van der Waals surface area contributed by atoms with Crippen molar-refractivity contribution in [1.29, 1.82) is 0 Å². The molecule has 17 heavy (non-hydrogen) atoms. The molecular formula is C13H18ClNO2. The molecule has 2 rings (SSSR count). The van der Waals surface area contributed by atoms with Crippen LogP contribution < -0.4 is 4.74 Å².